The molecular weight excluding hydrogens is 248 g/mol. The van der Waals surface area contributed by atoms with Gasteiger partial charge in [0, 0.05) is 0 Å². The van der Waals surface area contributed by atoms with E-state index in [-0.39, 0.29) is 12.2 Å². The Labute approximate surface area is 115 Å². The van der Waals surface area contributed by atoms with Gasteiger partial charge in [-0.15, -0.1) is 0 Å². The van der Waals surface area contributed by atoms with E-state index in [0.29, 0.717) is 0 Å². The monoisotopic (exact) mass is 268 g/mol. The molecule has 1 heterocycles. The molecule has 0 spiro atoms. The smallest absolute Gasteiger partial charge is 0.113 e. The molecule has 1 saturated heterocycles. The lowest BCUT2D eigenvalue weighted by molar-refractivity contribution is 0.394. The Balaban J connectivity index is 1.78. The van der Waals surface area contributed by atoms with Crippen molar-refractivity contribution < 1.29 is 4.74 Å². The molecule has 98 valence electrons. The lowest BCUT2D eigenvalue weighted by Gasteiger charge is -2.07. The van der Waals surface area contributed by atoms with E-state index in [4.69, 9.17) is 4.74 Å². The number of rotatable bonds is 3. The van der Waals surface area contributed by atoms with E-state index in [1.165, 1.54) is 16.3 Å². The molecule has 19 heavy (non-hydrogen) atoms. The van der Waals surface area contributed by atoms with Crippen LogP contribution in [0.1, 0.15) is 11.7 Å². The zero-order valence-corrected chi connectivity index (χ0v) is 12.8. The zero-order valence-electron chi connectivity index (χ0n) is 11.8. The fraction of sp³-hybridized carbons (Fsp3) is 0.294. The van der Waals surface area contributed by atoms with Gasteiger partial charge in [-0.1, -0.05) is 67.8 Å². The van der Waals surface area contributed by atoms with Crippen molar-refractivity contribution in [1.82, 2.24) is 0 Å². The molecule has 0 amide bonds. The fourth-order valence-electron chi connectivity index (χ4n) is 2.31. The average molecular weight is 268 g/mol. The third-order valence-corrected chi connectivity index (χ3v) is 4.61. The first-order valence-corrected chi connectivity index (χ1v) is 10.4. The van der Waals surface area contributed by atoms with Crippen LogP contribution in [-0.2, 0) is 4.74 Å². The number of fused-ring (bicyclic) bond motifs is 1. The molecule has 0 unspecified atom stereocenters. The topological polar surface area (TPSA) is 12.5 Å². The van der Waals surface area contributed by atoms with E-state index < -0.39 is 8.07 Å². The largest absolute Gasteiger partial charge is 0.360 e. The van der Waals surface area contributed by atoms with E-state index in [9.17, 15) is 0 Å². The first-order valence-electron chi connectivity index (χ1n) is 6.86. The first kappa shape index (κ1) is 12.6. The molecular formula is C17H20OSi. The van der Waals surface area contributed by atoms with E-state index in [1.807, 2.05) is 0 Å². The van der Waals surface area contributed by atoms with E-state index in [2.05, 4.69) is 73.9 Å². The van der Waals surface area contributed by atoms with Gasteiger partial charge in [0.1, 0.15) is 12.2 Å². The van der Waals surface area contributed by atoms with Crippen molar-refractivity contribution >= 4 is 18.8 Å². The summed E-state index contributed by atoms with van der Waals surface area (Å²) in [6.07, 6.45) is 2.80. The van der Waals surface area contributed by atoms with Crippen molar-refractivity contribution in [2.75, 3.05) is 0 Å². The molecule has 0 bridgehead atoms. The van der Waals surface area contributed by atoms with Gasteiger partial charge in [0.05, 0.1) is 8.07 Å². The van der Waals surface area contributed by atoms with Crippen LogP contribution >= 0.6 is 0 Å². The molecule has 1 fully saturated rings. The van der Waals surface area contributed by atoms with Gasteiger partial charge in [-0.2, -0.15) is 0 Å². The zero-order chi connectivity index (χ0) is 13.5. The van der Waals surface area contributed by atoms with Crippen LogP contribution < -0.4 is 0 Å². The highest BCUT2D eigenvalue weighted by atomic mass is 28.3. The predicted octanol–water partition coefficient (Wildman–Crippen LogP) is 4.71. The minimum Gasteiger partial charge on any atom is -0.360 e. The van der Waals surface area contributed by atoms with Crippen molar-refractivity contribution in [1.29, 1.82) is 0 Å². The van der Waals surface area contributed by atoms with Gasteiger partial charge >= 0.3 is 0 Å². The van der Waals surface area contributed by atoms with Gasteiger partial charge in [0.15, 0.2) is 0 Å². The molecule has 0 aliphatic carbocycles. The number of ether oxygens (including phenoxy) is 1. The maximum Gasteiger partial charge on any atom is 0.113 e. The molecule has 3 rings (SSSR count). The molecule has 2 heteroatoms. The summed E-state index contributed by atoms with van der Waals surface area (Å²) in [6.45, 7) is 7.03. The molecule has 0 radical (unpaired) electrons. The molecule has 1 aliphatic heterocycles. The van der Waals surface area contributed by atoms with Crippen molar-refractivity contribution in [2.24, 2.45) is 0 Å². The molecule has 2 atom stereocenters. The van der Waals surface area contributed by atoms with Gasteiger partial charge in [0.25, 0.3) is 0 Å². The normalized spacial score (nSPS) is 23.1. The van der Waals surface area contributed by atoms with Crippen LogP contribution in [0, 0.1) is 0 Å². The summed E-state index contributed by atoms with van der Waals surface area (Å²) in [5, 5.41) is 2.59. The third-order valence-electron chi connectivity index (χ3n) is 3.41. The molecule has 2 aromatic rings. The Morgan fingerprint density at radius 1 is 1.00 bits per heavy atom. The van der Waals surface area contributed by atoms with E-state index in [0.717, 1.165) is 0 Å². The van der Waals surface area contributed by atoms with Crippen LogP contribution in [0.5, 0.6) is 0 Å². The average Bonchev–Trinajstić information content (AvgIpc) is 3.14. The third kappa shape index (κ3) is 2.96. The molecule has 2 aromatic carbocycles. The predicted molar refractivity (Wildman–Crippen MR) is 84.0 cm³/mol. The Kier molecular flexibility index (Phi) is 3.07. The summed E-state index contributed by atoms with van der Waals surface area (Å²) in [4.78, 5) is 0. The van der Waals surface area contributed by atoms with Crippen LogP contribution in [-0.4, -0.2) is 14.2 Å². The number of benzene rings is 2. The summed E-state index contributed by atoms with van der Waals surface area (Å²) in [5.41, 5.74) is 3.67. The number of hydrogen-bond donors (Lipinski definition) is 0. The van der Waals surface area contributed by atoms with Crippen LogP contribution in [0.25, 0.3) is 10.8 Å². The lowest BCUT2D eigenvalue weighted by Crippen LogP contribution is -2.15. The Hall–Kier alpha value is -1.38. The number of hydrogen-bond acceptors (Lipinski definition) is 1. The van der Waals surface area contributed by atoms with Crippen molar-refractivity contribution in [2.45, 2.75) is 31.8 Å². The van der Waals surface area contributed by atoms with Crippen LogP contribution in [0.3, 0.4) is 0 Å². The van der Waals surface area contributed by atoms with Crippen LogP contribution in [0.2, 0.25) is 19.6 Å². The minimum absolute atomic E-state index is 0.261. The first-order chi connectivity index (χ1) is 9.03. The number of epoxide rings is 1. The quantitative estimate of drug-likeness (QED) is 0.580. The maximum absolute atomic E-state index is 5.78. The summed E-state index contributed by atoms with van der Waals surface area (Å²) < 4.78 is 5.78. The Morgan fingerprint density at radius 3 is 2.47 bits per heavy atom. The maximum atomic E-state index is 5.78. The van der Waals surface area contributed by atoms with Crippen molar-refractivity contribution in [3.63, 3.8) is 0 Å². The lowest BCUT2D eigenvalue weighted by atomic mass is 10.0. The van der Waals surface area contributed by atoms with Crippen LogP contribution in [0.4, 0.5) is 0 Å². The van der Waals surface area contributed by atoms with Crippen molar-refractivity contribution in [3.8, 4) is 0 Å². The van der Waals surface area contributed by atoms with Gasteiger partial charge in [0.2, 0.25) is 0 Å². The molecule has 1 nitrogen and oxygen atoms in total. The second-order valence-electron chi connectivity index (χ2n) is 6.35. The standard InChI is InChI=1S/C17H20OSi/c1-19(2,3)11-10-16-17(18-16)15-9-8-13-6-4-5-7-14(13)12-15/h4-12,16-17H,1-3H3/b11-10+/t16-,17+/m1/s1. The fourth-order valence-corrected chi connectivity index (χ4v) is 3.07. The van der Waals surface area contributed by atoms with Gasteiger partial charge in [-0.25, -0.2) is 0 Å². The van der Waals surface area contributed by atoms with Crippen molar-refractivity contribution in [3.05, 3.63) is 59.8 Å². The molecule has 0 saturated carbocycles. The SMILES string of the molecule is C[Si](C)(C)/C=C/[C@H]1O[C@H]1c1ccc2ccccc2c1. The van der Waals surface area contributed by atoms with E-state index >= 15 is 0 Å². The van der Waals surface area contributed by atoms with Gasteiger partial charge in [-0.3, -0.25) is 0 Å². The summed E-state index contributed by atoms with van der Waals surface area (Å²) in [6, 6.07) is 15.1. The second-order valence-corrected chi connectivity index (χ2v) is 11.4. The molecule has 0 aromatic heterocycles. The minimum atomic E-state index is -1.11. The highest BCUT2D eigenvalue weighted by molar-refractivity contribution is 6.80. The van der Waals surface area contributed by atoms with Gasteiger partial charge < -0.3 is 4.74 Å². The Morgan fingerprint density at radius 2 is 1.74 bits per heavy atom. The van der Waals surface area contributed by atoms with E-state index in [1.54, 1.807) is 0 Å². The molecule has 0 N–H and O–H groups in total. The molecule has 1 aliphatic rings. The van der Waals surface area contributed by atoms with Crippen LogP contribution in [0.15, 0.2) is 54.2 Å². The summed E-state index contributed by atoms with van der Waals surface area (Å²) in [7, 11) is -1.11. The van der Waals surface area contributed by atoms with Gasteiger partial charge in [-0.05, 0) is 22.4 Å². The second kappa shape index (κ2) is 4.62. The Bertz CT molecular complexity index is 624. The summed E-state index contributed by atoms with van der Waals surface area (Å²) >= 11 is 0. The highest BCUT2D eigenvalue weighted by Gasteiger charge is 2.38. The highest BCUT2D eigenvalue weighted by Crippen LogP contribution is 2.40. The summed E-state index contributed by atoms with van der Waals surface area (Å²) in [5.74, 6) is 0.